The first-order valence-electron chi connectivity index (χ1n) is 4.72. The van der Waals surface area contributed by atoms with Gasteiger partial charge >= 0.3 is 0 Å². The van der Waals surface area contributed by atoms with Gasteiger partial charge in [0.2, 0.25) is 0 Å². The number of ether oxygens (including phenoxy) is 1. The van der Waals surface area contributed by atoms with Gasteiger partial charge in [-0.25, -0.2) is 0 Å². The van der Waals surface area contributed by atoms with Gasteiger partial charge in [0.25, 0.3) is 0 Å². The van der Waals surface area contributed by atoms with E-state index in [4.69, 9.17) is 9.15 Å². The molecule has 1 N–H and O–H groups in total. The highest BCUT2D eigenvalue weighted by Gasteiger charge is 2.04. The summed E-state index contributed by atoms with van der Waals surface area (Å²) in [5, 5.41) is 3.22. The van der Waals surface area contributed by atoms with Crippen molar-refractivity contribution in [2.75, 3.05) is 13.2 Å². The Kier molecular flexibility index (Phi) is 4.57. The summed E-state index contributed by atoms with van der Waals surface area (Å²) in [4.78, 5) is 0. The molecule has 0 aliphatic heterocycles. The predicted molar refractivity (Wildman–Crippen MR) is 51.4 cm³/mol. The Bertz CT molecular complexity index is 210. The van der Waals surface area contributed by atoms with Crippen LogP contribution in [0.2, 0.25) is 0 Å². The van der Waals surface area contributed by atoms with Crippen LogP contribution >= 0.6 is 0 Å². The Morgan fingerprint density at radius 2 is 2.31 bits per heavy atom. The van der Waals surface area contributed by atoms with Crippen molar-refractivity contribution in [1.29, 1.82) is 0 Å². The largest absolute Gasteiger partial charge is 0.468 e. The number of rotatable bonds is 6. The molecule has 3 nitrogen and oxygen atoms in total. The van der Waals surface area contributed by atoms with Crippen molar-refractivity contribution in [3.63, 3.8) is 0 Å². The highest BCUT2D eigenvalue weighted by Crippen LogP contribution is 2.11. The SMILES string of the molecule is CCNCc1occc1COCC. The molecule has 1 aromatic heterocycles. The maximum absolute atomic E-state index is 5.32. The first kappa shape index (κ1) is 10.3. The van der Waals surface area contributed by atoms with E-state index in [1.54, 1.807) is 6.26 Å². The summed E-state index contributed by atoms with van der Waals surface area (Å²) in [5.41, 5.74) is 1.14. The summed E-state index contributed by atoms with van der Waals surface area (Å²) < 4.78 is 10.6. The van der Waals surface area contributed by atoms with Gasteiger partial charge in [-0.1, -0.05) is 6.92 Å². The van der Waals surface area contributed by atoms with Gasteiger partial charge in [0.05, 0.1) is 19.4 Å². The van der Waals surface area contributed by atoms with Crippen LogP contribution in [0.1, 0.15) is 25.2 Å². The molecular formula is C10H17NO2. The summed E-state index contributed by atoms with van der Waals surface area (Å²) in [5.74, 6) is 0.982. The highest BCUT2D eigenvalue weighted by atomic mass is 16.5. The van der Waals surface area contributed by atoms with Crippen LogP contribution in [0.3, 0.4) is 0 Å². The summed E-state index contributed by atoms with van der Waals surface area (Å²) >= 11 is 0. The van der Waals surface area contributed by atoms with Gasteiger partial charge in [0.15, 0.2) is 0 Å². The van der Waals surface area contributed by atoms with E-state index >= 15 is 0 Å². The molecule has 74 valence electrons. The molecule has 13 heavy (non-hydrogen) atoms. The Morgan fingerprint density at radius 1 is 1.46 bits per heavy atom. The molecule has 1 aromatic rings. The van der Waals surface area contributed by atoms with Gasteiger partial charge in [0, 0.05) is 12.2 Å². The van der Waals surface area contributed by atoms with Crippen LogP contribution in [0, 0.1) is 0 Å². The molecule has 0 saturated heterocycles. The molecule has 1 heterocycles. The molecule has 3 heteroatoms. The quantitative estimate of drug-likeness (QED) is 0.731. The molecule has 0 atom stereocenters. The van der Waals surface area contributed by atoms with Gasteiger partial charge in [-0.2, -0.15) is 0 Å². The number of furan rings is 1. The minimum atomic E-state index is 0.647. The summed E-state index contributed by atoms with van der Waals surface area (Å²) in [6.45, 7) is 7.19. The van der Waals surface area contributed by atoms with E-state index in [-0.39, 0.29) is 0 Å². The monoisotopic (exact) mass is 183 g/mol. The van der Waals surface area contributed by atoms with Crippen molar-refractivity contribution in [3.8, 4) is 0 Å². The summed E-state index contributed by atoms with van der Waals surface area (Å²) in [6.07, 6.45) is 1.71. The van der Waals surface area contributed by atoms with Gasteiger partial charge in [0.1, 0.15) is 5.76 Å². The number of nitrogens with one attached hydrogen (secondary N) is 1. The van der Waals surface area contributed by atoms with Gasteiger partial charge in [-0.15, -0.1) is 0 Å². The zero-order valence-electron chi connectivity index (χ0n) is 8.30. The van der Waals surface area contributed by atoms with Gasteiger partial charge in [-0.05, 0) is 19.5 Å². The third-order valence-electron chi connectivity index (χ3n) is 1.83. The molecule has 0 amide bonds. The first-order chi connectivity index (χ1) is 6.38. The zero-order chi connectivity index (χ0) is 9.52. The van der Waals surface area contributed by atoms with Crippen molar-refractivity contribution in [2.24, 2.45) is 0 Å². The van der Waals surface area contributed by atoms with E-state index in [9.17, 15) is 0 Å². The van der Waals surface area contributed by atoms with Crippen LogP contribution in [0.15, 0.2) is 16.7 Å². The van der Waals surface area contributed by atoms with E-state index in [1.807, 2.05) is 13.0 Å². The maximum Gasteiger partial charge on any atom is 0.123 e. The Balaban J connectivity index is 2.45. The van der Waals surface area contributed by atoms with Crippen LogP contribution in [-0.2, 0) is 17.9 Å². The second kappa shape index (κ2) is 5.78. The van der Waals surface area contributed by atoms with Crippen LogP contribution in [0.5, 0.6) is 0 Å². The van der Waals surface area contributed by atoms with E-state index in [2.05, 4.69) is 12.2 Å². The van der Waals surface area contributed by atoms with E-state index in [1.165, 1.54) is 0 Å². The molecular weight excluding hydrogens is 166 g/mol. The second-order valence-corrected chi connectivity index (χ2v) is 2.79. The standard InChI is InChI=1S/C10H17NO2/c1-3-11-7-10-9(5-6-13-10)8-12-4-2/h5-6,11H,3-4,7-8H2,1-2H3. The molecule has 0 aliphatic rings. The lowest BCUT2D eigenvalue weighted by molar-refractivity contribution is 0.132. The average molecular weight is 183 g/mol. The fourth-order valence-corrected chi connectivity index (χ4v) is 1.10. The van der Waals surface area contributed by atoms with Crippen molar-refractivity contribution in [2.45, 2.75) is 27.0 Å². The molecule has 0 saturated carbocycles. The lowest BCUT2D eigenvalue weighted by atomic mass is 10.2. The fraction of sp³-hybridized carbons (Fsp3) is 0.600. The number of hydrogen-bond acceptors (Lipinski definition) is 3. The van der Waals surface area contributed by atoms with Gasteiger partial charge < -0.3 is 14.5 Å². The highest BCUT2D eigenvalue weighted by molar-refractivity contribution is 5.15. The molecule has 0 aliphatic carbocycles. The van der Waals surface area contributed by atoms with Crippen LogP contribution in [0.25, 0.3) is 0 Å². The molecule has 0 aromatic carbocycles. The molecule has 0 spiro atoms. The van der Waals surface area contributed by atoms with Crippen LogP contribution in [0.4, 0.5) is 0 Å². The van der Waals surface area contributed by atoms with E-state index < -0.39 is 0 Å². The minimum Gasteiger partial charge on any atom is -0.468 e. The Morgan fingerprint density at radius 3 is 3.00 bits per heavy atom. The molecule has 0 bridgehead atoms. The summed E-state index contributed by atoms with van der Waals surface area (Å²) in [7, 11) is 0. The molecule has 0 unspecified atom stereocenters. The minimum absolute atomic E-state index is 0.647. The predicted octanol–water partition coefficient (Wildman–Crippen LogP) is 1.93. The van der Waals surface area contributed by atoms with Gasteiger partial charge in [-0.3, -0.25) is 0 Å². The molecule has 0 fully saturated rings. The van der Waals surface area contributed by atoms with E-state index in [0.717, 1.165) is 31.0 Å². The molecule has 1 rings (SSSR count). The Hall–Kier alpha value is -0.800. The Labute approximate surface area is 79.1 Å². The maximum atomic E-state index is 5.32. The topological polar surface area (TPSA) is 34.4 Å². The third-order valence-corrected chi connectivity index (χ3v) is 1.83. The van der Waals surface area contributed by atoms with Crippen molar-refractivity contribution < 1.29 is 9.15 Å². The van der Waals surface area contributed by atoms with Crippen LogP contribution < -0.4 is 5.32 Å². The summed E-state index contributed by atoms with van der Waals surface area (Å²) in [6, 6.07) is 1.96. The zero-order valence-corrected chi connectivity index (χ0v) is 8.30. The van der Waals surface area contributed by atoms with E-state index in [0.29, 0.717) is 6.61 Å². The van der Waals surface area contributed by atoms with Crippen molar-refractivity contribution >= 4 is 0 Å². The average Bonchev–Trinajstić information content (AvgIpc) is 2.59. The van der Waals surface area contributed by atoms with Crippen molar-refractivity contribution in [1.82, 2.24) is 5.32 Å². The lowest BCUT2D eigenvalue weighted by Gasteiger charge is -2.02. The van der Waals surface area contributed by atoms with Crippen molar-refractivity contribution in [3.05, 3.63) is 23.7 Å². The first-order valence-corrected chi connectivity index (χ1v) is 4.72. The lowest BCUT2D eigenvalue weighted by Crippen LogP contribution is -2.12. The van der Waals surface area contributed by atoms with Crippen LogP contribution in [-0.4, -0.2) is 13.2 Å². The second-order valence-electron chi connectivity index (χ2n) is 2.79. The smallest absolute Gasteiger partial charge is 0.123 e. The normalized spacial score (nSPS) is 10.6. The number of hydrogen-bond donors (Lipinski definition) is 1. The fourth-order valence-electron chi connectivity index (χ4n) is 1.10. The molecule has 0 radical (unpaired) electrons. The third kappa shape index (κ3) is 3.20.